The standard InChI is InChI=1S/C41H48O11/c1-22-23(2)41(29-12-16-33(36(20-29)47-8)51-25(4)39(43)27-10-14-31-37(18-27)49-21-48-31)52-40(22)28-11-15-32(35(19-28)46-7)50-24(3)38(42)26-9-13-30(44-5)34(17-26)45-6/h9-20,22-25,38-43H,21H2,1-8H3/t22-,23-,24-,25-,38-,39-,40+,41-/m0/s1. The molecule has 2 aliphatic rings. The van der Waals surface area contributed by atoms with Crippen LogP contribution in [0, 0.1) is 11.8 Å². The zero-order valence-electron chi connectivity index (χ0n) is 30.8. The Balaban J connectivity index is 1.14. The van der Waals surface area contributed by atoms with Gasteiger partial charge in [0.15, 0.2) is 46.0 Å². The Morgan fingerprint density at radius 2 is 0.981 bits per heavy atom. The molecule has 8 atom stereocenters. The first-order valence-electron chi connectivity index (χ1n) is 17.4. The molecule has 2 aliphatic heterocycles. The first-order valence-corrected chi connectivity index (χ1v) is 17.4. The summed E-state index contributed by atoms with van der Waals surface area (Å²) in [4.78, 5) is 0. The van der Waals surface area contributed by atoms with Gasteiger partial charge in [-0.1, -0.05) is 38.1 Å². The Morgan fingerprint density at radius 3 is 1.50 bits per heavy atom. The third kappa shape index (κ3) is 7.39. The van der Waals surface area contributed by atoms with E-state index in [1.165, 1.54) is 0 Å². The van der Waals surface area contributed by atoms with Gasteiger partial charge in [0.05, 0.1) is 40.6 Å². The van der Waals surface area contributed by atoms with Gasteiger partial charge in [-0.15, -0.1) is 0 Å². The number of rotatable bonds is 14. The van der Waals surface area contributed by atoms with E-state index in [9.17, 15) is 10.2 Å². The Labute approximate surface area is 304 Å². The van der Waals surface area contributed by atoms with Crippen molar-refractivity contribution in [2.45, 2.75) is 64.3 Å². The Bertz CT molecular complexity index is 1840. The van der Waals surface area contributed by atoms with E-state index in [1.807, 2.05) is 43.3 Å². The van der Waals surface area contributed by atoms with Crippen molar-refractivity contribution >= 4 is 0 Å². The van der Waals surface area contributed by atoms with Crippen LogP contribution in [0.25, 0.3) is 0 Å². The third-order valence-corrected chi connectivity index (χ3v) is 10.1. The van der Waals surface area contributed by atoms with Gasteiger partial charge >= 0.3 is 0 Å². The molecule has 4 aromatic rings. The largest absolute Gasteiger partial charge is 0.493 e. The molecule has 4 aromatic carbocycles. The van der Waals surface area contributed by atoms with Crippen LogP contribution in [0.2, 0.25) is 0 Å². The minimum absolute atomic E-state index is 0.164. The molecule has 2 N–H and O–H groups in total. The van der Waals surface area contributed by atoms with Crippen molar-refractivity contribution < 1.29 is 52.8 Å². The maximum Gasteiger partial charge on any atom is 0.231 e. The maximum atomic E-state index is 11.1. The second kappa shape index (κ2) is 15.8. The molecule has 278 valence electrons. The van der Waals surface area contributed by atoms with Crippen LogP contribution in [-0.2, 0) is 4.74 Å². The number of hydrogen-bond donors (Lipinski definition) is 2. The van der Waals surface area contributed by atoms with E-state index >= 15 is 0 Å². The molecule has 0 unspecified atom stereocenters. The van der Waals surface area contributed by atoms with Gasteiger partial charge in [0.1, 0.15) is 24.4 Å². The molecule has 0 spiro atoms. The molecular weight excluding hydrogens is 668 g/mol. The molecule has 0 amide bonds. The fourth-order valence-corrected chi connectivity index (χ4v) is 6.84. The lowest BCUT2D eigenvalue weighted by Crippen LogP contribution is -2.22. The summed E-state index contributed by atoms with van der Waals surface area (Å²) in [5, 5.41) is 22.2. The highest BCUT2D eigenvalue weighted by Crippen LogP contribution is 2.51. The van der Waals surface area contributed by atoms with Crippen molar-refractivity contribution in [1.29, 1.82) is 0 Å². The number of fused-ring (bicyclic) bond motifs is 1. The van der Waals surface area contributed by atoms with Gasteiger partial charge in [-0.2, -0.15) is 0 Å². The lowest BCUT2D eigenvalue weighted by Gasteiger charge is -2.24. The lowest BCUT2D eigenvalue weighted by molar-refractivity contribution is 0.0281. The average molecular weight is 717 g/mol. The van der Waals surface area contributed by atoms with E-state index in [0.29, 0.717) is 57.1 Å². The van der Waals surface area contributed by atoms with E-state index in [2.05, 4.69) is 13.8 Å². The fourth-order valence-electron chi connectivity index (χ4n) is 6.84. The van der Waals surface area contributed by atoms with E-state index in [1.54, 1.807) is 71.8 Å². The first-order chi connectivity index (χ1) is 25.1. The highest BCUT2D eigenvalue weighted by atomic mass is 16.7. The predicted molar refractivity (Wildman–Crippen MR) is 193 cm³/mol. The molecule has 1 fully saturated rings. The molecule has 0 radical (unpaired) electrons. The molecule has 0 aliphatic carbocycles. The second-order valence-corrected chi connectivity index (χ2v) is 13.3. The molecule has 52 heavy (non-hydrogen) atoms. The first kappa shape index (κ1) is 36.9. The van der Waals surface area contributed by atoms with Crippen LogP contribution >= 0.6 is 0 Å². The van der Waals surface area contributed by atoms with Crippen molar-refractivity contribution in [2.75, 3.05) is 35.2 Å². The number of aliphatic hydroxyl groups is 2. The van der Waals surface area contributed by atoms with Gasteiger partial charge in [-0.25, -0.2) is 0 Å². The van der Waals surface area contributed by atoms with Crippen LogP contribution < -0.4 is 37.9 Å². The van der Waals surface area contributed by atoms with E-state index in [0.717, 1.165) is 11.1 Å². The molecule has 1 saturated heterocycles. The summed E-state index contributed by atoms with van der Waals surface area (Å²) < 4.78 is 52.3. The number of methoxy groups -OCH3 is 4. The minimum atomic E-state index is -0.930. The molecule has 0 aromatic heterocycles. The monoisotopic (exact) mass is 716 g/mol. The Kier molecular flexibility index (Phi) is 11.2. The highest BCUT2D eigenvalue weighted by molar-refractivity contribution is 5.48. The second-order valence-electron chi connectivity index (χ2n) is 13.3. The minimum Gasteiger partial charge on any atom is -0.493 e. The molecular formula is C41H48O11. The zero-order chi connectivity index (χ0) is 37.1. The number of ether oxygens (including phenoxy) is 9. The lowest BCUT2D eigenvalue weighted by atomic mass is 9.85. The summed E-state index contributed by atoms with van der Waals surface area (Å²) in [5.74, 6) is 4.80. The third-order valence-electron chi connectivity index (χ3n) is 10.1. The van der Waals surface area contributed by atoms with Crippen molar-refractivity contribution in [3.63, 3.8) is 0 Å². The van der Waals surface area contributed by atoms with Crippen LogP contribution in [0.15, 0.2) is 72.8 Å². The van der Waals surface area contributed by atoms with Crippen LogP contribution in [-0.4, -0.2) is 57.7 Å². The summed E-state index contributed by atoms with van der Waals surface area (Å²) in [6.07, 6.45) is -3.43. The predicted octanol–water partition coefficient (Wildman–Crippen LogP) is 7.54. The number of aliphatic hydroxyl groups excluding tert-OH is 2. The molecule has 2 heterocycles. The molecule has 11 nitrogen and oxygen atoms in total. The number of hydrogen-bond acceptors (Lipinski definition) is 11. The van der Waals surface area contributed by atoms with Crippen molar-refractivity contribution in [3.8, 4) is 46.0 Å². The molecule has 0 bridgehead atoms. The Morgan fingerprint density at radius 1 is 0.538 bits per heavy atom. The fraction of sp³-hybridized carbons (Fsp3) is 0.415. The van der Waals surface area contributed by atoms with Gasteiger partial charge in [0, 0.05) is 0 Å². The zero-order valence-corrected chi connectivity index (χ0v) is 30.8. The van der Waals surface area contributed by atoms with Crippen LogP contribution in [0.1, 0.15) is 74.4 Å². The molecule has 6 rings (SSSR count). The topological polar surface area (TPSA) is 124 Å². The molecule has 0 saturated carbocycles. The van der Waals surface area contributed by atoms with E-state index in [-0.39, 0.29) is 30.8 Å². The summed E-state index contributed by atoms with van der Waals surface area (Å²) >= 11 is 0. The van der Waals surface area contributed by atoms with Crippen molar-refractivity contribution in [3.05, 3.63) is 95.1 Å². The Hall–Kier alpha value is -4.84. The quantitative estimate of drug-likeness (QED) is 0.135. The summed E-state index contributed by atoms with van der Waals surface area (Å²) in [6, 6.07) is 22.2. The summed E-state index contributed by atoms with van der Waals surface area (Å²) in [6.45, 7) is 8.14. The SMILES string of the molecule is COc1ccc([C@@H](O)[C@H](C)Oc2ccc([C@@H]3O[C@H](c4ccc(O[C@@H](C)[C@H](O)c5ccc6c(c5)OCO6)c(OC)c4)[C@@H](C)[C@@H]3C)cc2OC)cc1OC. The van der Waals surface area contributed by atoms with Gasteiger partial charge in [0.2, 0.25) is 6.79 Å². The maximum absolute atomic E-state index is 11.1. The smallest absolute Gasteiger partial charge is 0.231 e. The van der Waals surface area contributed by atoms with Crippen LogP contribution in [0.3, 0.4) is 0 Å². The average Bonchev–Trinajstić information content (AvgIpc) is 3.77. The normalized spacial score (nSPS) is 21.5. The molecule has 11 heteroatoms. The van der Waals surface area contributed by atoms with Gasteiger partial charge in [-0.05, 0) is 96.5 Å². The van der Waals surface area contributed by atoms with Crippen molar-refractivity contribution in [1.82, 2.24) is 0 Å². The summed E-state index contributed by atoms with van der Waals surface area (Å²) in [7, 11) is 6.31. The number of benzene rings is 4. The van der Waals surface area contributed by atoms with Crippen LogP contribution in [0.5, 0.6) is 46.0 Å². The summed E-state index contributed by atoms with van der Waals surface area (Å²) in [5.41, 5.74) is 3.22. The van der Waals surface area contributed by atoms with Crippen LogP contribution in [0.4, 0.5) is 0 Å². The van der Waals surface area contributed by atoms with E-state index in [4.69, 9.17) is 42.6 Å². The van der Waals surface area contributed by atoms with Gasteiger partial charge < -0.3 is 52.8 Å². The van der Waals surface area contributed by atoms with E-state index < -0.39 is 24.4 Å². The van der Waals surface area contributed by atoms with Gasteiger partial charge in [-0.3, -0.25) is 0 Å². The highest BCUT2D eigenvalue weighted by Gasteiger charge is 2.41. The van der Waals surface area contributed by atoms with Crippen molar-refractivity contribution in [2.24, 2.45) is 11.8 Å². The van der Waals surface area contributed by atoms with Gasteiger partial charge in [0.25, 0.3) is 0 Å².